The first-order chi connectivity index (χ1) is 6.39. The van der Waals surface area contributed by atoms with Crippen molar-refractivity contribution in [1.29, 1.82) is 5.26 Å². The highest BCUT2D eigenvalue weighted by Gasteiger charge is 2.16. The molecule has 0 amide bonds. The van der Waals surface area contributed by atoms with Crippen molar-refractivity contribution in [3.05, 3.63) is 0 Å². The van der Waals surface area contributed by atoms with E-state index in [4.69, 9.17) is 15.1 Å². The van der Waals surface area contributed by atoms with E-state index in [0.717, 1.165) is 6.42 Å². The number of ether oxygens (including phenoxy) is 1. The van der Waals surface area contributed by atoms with Crippen molar-refractivity contribution in [1.82, 2.24) is 0 Å². The molecule has 0 saturated carbocycles. The van der Waals surface area contributed by atoms with Crippen molar-refractivity contribution in [3.63, 3.8) is 0 Å². The molecule has 0 rings (SSSR count). The number of carboxylic acids is 1. The van der Waals surface area contributed by atoms with Crippen molar-refractivity contribution in [2.45, 2.75) is 39.7 Å². The van der Waals surface area contributed by atoms with Crippen LogP contribution in [0.1, 0.15) is 33.6 Å². The summed E-state index contributed by atoms with van der Waals surface area (Å²) >= 11 is 0. The van der Waals surface area contributed by atoms with Gasteiger partial charge < -0.3 is 9.84 Å². The highest BCUT2D eigenvalue weighted by Crippen LogP contribution is 2.20. The Labute approximate surface area is 84.5 Å². The summed E-state index contributed by atoms with van der Waals surface area (Å²) in [5.74, 6) is -0.954. The van der Waals surface area contributed by atoms with Gasteiger partial charge in [0.1, 0.15) is 0 Å². The minimum Gasteiger partial charge on any atom is -0.479 e. The second-order valence-electron chi connectivity index (χ2n) is 3.95. The van der Waals surface area contributed by atoms with Gasteiger partial charge in [-0.15, -0.1) is 0 Å². The first kappa shape index (κ1) is 12.9. The van der Waals surface area contributed by atoms with Crippen LogP contribution in [-0.4, -0.2) is 23.8 Å². The first-order valence-corrected chi connectivity index (χ1v) is 4.65. The second kappa shape index (κ2) is 5.61. The molecule has 0 aliphatic rings. The lowest BCUT2D eigenvalue weighted by Gasteiger charge is -2.15. The Morgan fingerprint density at radius 3 is 2.64 bits per heavy atom. The maximum atomic E-state index is 10.4. The summed E-state index contributed by atoms with van der Waals surface area (Å²) in [6.07, 6.45) is 0.661. The number of carbonyl (C=O) groups is 1. The summed E-state index contributed by atoms with van der Waals surface area (Å²) in [5, 5.41) is 17.2. The molecule has 80 valence electrons. The highest BCUT2D eigenvalue weighted by molar-refractivity contribution is 5.71. The molecule has 4 heteroatoms. The quantitative estimate of drug-likeness (QED) is 0.662. The molecule has 0 spiro atoms. The van der Waals surface area contributed by atoms with Crippen molar-refractivity contribution in [3.8, 4) is 6.07 Å². The minimum atomic E-state index is -0.954. The molecule has 0 saturated heterocycles. The monoisotopic (exact) mass is 199 g/mol. The van der Waals surface area contributed by atoms with E-state index in [0.29, 0.717) is 13.0 Å². The summed E-state index contributed by atoms with van der Waals surface area (Å²) in [6, 6.07) is 2.18. The van der Waals surface area contributed by atoms with Gasteiger partial charge in [-0.2, -0.15) is 5.26 Å². The number of hydrogen-bond acceptors (Lipinski definition) is 3. The van der Waals surface area contributed by atoms with E-state index in [1.54, 1.807) is 0 Å². The lowest BCUT2D eigenvalue weighted by molar-refractivity contribution is -0.149. The minimum absolute atomic E-state index is 0.351. The molecule has 0 aromatic heterocycles. The van der Waals surface area contributed by atoms with E-state index in [2.05, 4.69) is 6.07 Å². The molecule has 0 radical (unpaired) electrons. The third-order valence-electron chi connectivity index (χ3n) is 1.96. The molecule has 0 unspecified atom stereocenters. The molecule has 4 nitrogen and oxygen atoms in total. The second-order valence-corrected chi connectivity index (χ2v) is 3.95. The normalized spacial score (nSPS) is 13.3. The molecule has 0 aromatic carbocycles. The van der Waals surface area contributed by atoms with Gasteiger partial charge >= 0.3 is 5.97 Å². The number of aliphatic carboxylic acids is 1. The van der Waals surface area contributed by atoms with Crippen molar-refractivity contribution < 1.29 is 14.6 Å². The Morgan fingerprint density at radius 1 is 1.64 bits per heavy atom. The predicted octanol–water partition coefficient (Wildman–Crippen LogP) is 1.81. The van der Waals surface area contributed by atoms with E-state index in [-0.39, 0.29) is 5.41 Å². The Morgan fingerprint density at radius 2 is 2.21 bits per heavy atom. The molecular formula is C10H17NO3. The van der Waals surface area contributed by atoms with Gasteiger partial charge in [0, 0.05) is 6.61 Å². The van der Waals surface area contributed by atoms with Crippen LogP contribution >= 0.6 is 0 Å². The largest absolute Gasteiger partial charge is 0.479 e. The molecular weight excluding hydrogens is 182 g/mol. The van der Waals surface area contributed by atoms with Crippen LogP contribution in [0.5, 0.6) is 0 Å². The van der Waals surface area contributed by atoms with Crippen LogP contribution in [0, 0.1) is 16.7 Å². The highest BCUT2D eigenvalue weighted by atomic mass is 16.5. The Balaban J connectivity index is 3.58. The molecule has 1 atom stereocenters. The van der Waals surface area contributed by atoms with E-state index < -0.39 is 12.1 Å². The molecule has 14 heavy (non-hydrogen) atoms. The van der Waals surface area contributed by atoms with Crippen LogP contribution in [0.15, 0.2) is 0 Å². The maximum Gasteiger partial charge on any atom is 0.332 e. The van der Waals surface area contributed by atoms with Crippen LogP contribution in [0.2, 0.25) is 0 Å². The zero-order valence-electron chi connectivity index (χ0n) is 8.91. The number of rotatable bonds is 6. The van der Waals surface area contributed by atoms with Crippen LogP contribution < -0.4 is 0 Å². The van der Waals surface area contributed by atoms with E-state index in [1.807, 2.05) is 13.8 Å². The molecule has 0 aliphatic carbocycles. The molecule has 0 aromatic rings. The topological polar surface area (TPSA) is 70.3 Å². The zero-order valence-corrected chi connectivity index (χ0v) is 8.91. The fourth-order valence-corrected chi connectivity index (χ4v) is 0.901. The average molecular weight is 199 g/mol. The molecule has 0 aliphatic heterocycles. The number of nitriles is 1. The van der Waals surface area contributed by atoms with Crippen LogP contribution in [0.4, 0.5) is 0 Å². The van der Waals surface area contributed by atoms with Gasteiger partial charge in [-0.05, 0) is 33.6 Å². The fraction of sp³-hybridized carbons (Fsp3) is 0.800. The summed E-state index contributed by atoms with van der Waals surface area (Å²) in [4.78, 5) is 10.4. The fourth-order valence-electron chi connectivity index (χ4n) is 0.901. The summed E-state index contributed by atoms with van der Waals surface area (Å²) in [5.41, 5.74) is -0.351. The van der Waals surface area contributed by atoms with Gasteiger partial charge in [0.15, 0.2) is 6.10 Å². The SMILES string of the molecule is C[C@H](OCCCC(C)(C)C#N)C(=O)O. The zero-order chi connectivity index (χ0) is 11.2. The first-order valence-electron chi connectivity index (χ1n) is 4.65. The lowest BCUT2D eigenvalue weighted by Crippen LogP contribution is -2.21. The van der Waals surface area contributed by atoms with Crippen LogP contribution in [0.3, 0.4) is 0 Å². The number of hydrogen-bond donors (Lipinski definition) is 1. The van der Waals surface area contributed by atoms with Crippen molar-refractivity contribution in [2.75, 3.05) is 6.61 Å². The van der Waals surface area contributed by atoms with E-state index in [9.17, 15) is 4.79 Å². The van der Waals surface area contributed by atoms with Crippen molar-refractivity contribution >= 4 is 5.97 Å². The summed E-state index contributed by atoms with van der Waals surface area (Å²) < 4.78 is 5.03. The Bertz CT molecular complexity index is 230. The molecule has 0 bridgehead atoms. The lowest BCUT2D eigenvalue weighted by atomic mass is 9.90. The van der Waals surface area contributed by atoms with Gasteiger partial charge in [-0.3, -0.25) is 0 Å². The van der Waals surface area contributed by atoms with E-state index in [1.165, 1.54) is 6.92 Å². The molecule has 0 fully saturated rings. The summed E-state index contributed by atoms with van der Waals surface area (Å²) in [6.45, 7) is 5.59. The third-order valence-corrected chi connectivity index (χ3v) is 1.96. The predicted molar refractivity (Wildman–Crippen MR) is 51.7 cm³/mol. The van der Waals surface area contributed by atoms with E-state index >= 15 is 0 Å². The Hall–Kier alpha value is -1.08. The smallest absolute Gasteiger partial charge is 0.332 e. The number of nitrogens with zero attached hydrogens (tertiary/aromatic N) is 1. The standard InChI is InChI=1S/C10H17NO3/c1-8(9(12)13)14-6-4-5-10(2,3)7-11/h8H,4-6H2,1-3H3,(H,12,13)/t8-/m0/s1. The summed E-state index contributed by atoms with van der Waals surface area (Å²) in [7, 11) is 0. The molecule has 1 N–H and O–H groups in total. The third kappa shape index (κ3) is 5.55. The van der Waals surface area contributed by atoms with Crippen LogP contribution in [0.25, 0.3) is 0 Å². The average Bonchev–Trinajstić information content (AvgIpc) is 2.12. The maximum absolute atomic E-state index is 10.4. The van der Waals surface area contributed by atoms with Gasteiger partial charge in [-0.25, -0.2) is 4.79 Å². The van der Waals surface area contributed by atoms with Gasteiger partial charge in [-0.1, -0.05) is 0 Å². The van der Waals surface area contributed by atoms with Crippen LogP contribution in [-0.2, 0) is 9.53 Å². The Kier molecular flexibility index (Phi) is 5.18. The van der Waals surface area contributed by atoms with Gasteiger partial charge in [0.05, 0.1) is 11.5 Å². The van der Waals surface area contributed by atoms with Crippen molar-refractivity contribution in [2.24, 2.45) is 5.41 Å². The molecule has 0 heterocycles. The number of carboxylic acid groups (broad SMARTS) is 1. The van der Waals surface area contributed by atoms with Gasteiger partial charge in [0.25, 0.3) is 0 Å². The van der Waals surface area contributed by atoms with Gasteiger partial charge in [0.2, 0.25) is 0 Å².